The van der Waals surface area contributed by atoms with Crippen molar-refractivity contribution in [3.8, 4) is 5.75 Å². The van der Waals surface area contributed by atoms with Crippen LogP contribution in [0.15, 0.2) is 48.3 Å². The average Bonchev–Trinajstić information content (AvgIpc) is 3.18. The molecule has 0 spiro atoms. The van der Waals surface area contributed by atoms with E-state index in [1.54, 1.807) is 12.2 Å². The molecule has 2 heterocycles. The molecule has 0 bridgehead atoms. The van der Waals surface area contributed by atoms with Crippen LogP contribution < -0.4 is 0 Å². The first-order valence-corrected chi connectivity index (χ1v) is 10.4. The highest BCUT2D eigenvalue weighted by atomic mass is 16.8. The van der Waals surface area contributed by atoms with Gasteiger partial charge in [0.25, 0.3) is 0 Å². The van der Waals surface area contributed by atoms with E-state index >= 15 is 0 Å². The van der Waals surface area contributed by atoms with Crippen molar-refractivity contribution in [2.45, 2.75) is 43.1 Å². The zero-order chi connectivity index (χ0) is 23.7. The summed E-state index contributed by atoms with van der Waals surface area (Å²) in [6, 6.07) is 5.57. The van der Waals surface area contributed by atoms with Crippen molar-refractivity contribution in [2.24, 2.45) is 11.8 Å². The quantitative estimate of drug-likeness (QED) is 0.219. The van der Waals surface area contributed by atoms with Gasteiger partial charge in [-0.15, -0.1) is 0 Å². The van der Waals surface area contributed by atoms with Crippen LogP contribution in [-0.2, 0) is 18.9 Å². The maximum absolute atomic E-state index is 12.5. The lowest BCUT2D eigenvalue weighted by atomic mass is 9.88. The highest BCUT2D eigenvalue weighted by Gasteiger charge is 2.50. The first-order valence-electron chi connectivity index (χ1n) is 10.4. The molecular weight excluding hydrogens is 440 g/mol. The fourth-order valence-corrected chi connectivity index (χ4v) is 4.26. The molecule has 0 radical (unpaired) electrons. The van der Waals surface area contributed by atoms with Gasteiger partial charge in [-0.25, -0.2) is 4.79 Å². The molecule has 11 heteroatoms. The minimum Gasteiger partial charge on any atom is -0.508 e. The van der Waals surface area contributed by atoms with E-state index in [0.717, 1.165) is 0 Å². The molecule has 11 nitrogen and oxygen atoms in total. The standard InChI is InChI=1S/C22H26O11/c23-8-11-7-14(31-20(29)10-1-3-12(25)4-2-10)13-5-6-30-21(16(11)13)33-22-19(28)18(27)17(26)15(9-24)32-22/h1-7,13-19,21-28H,8-9H2/t13-,14+,15+,16-,17-,18-,19-,21-,22+/m1/s1. The van der Waals surface area contributed by atoms with Crippen LogP contribution in [0.4, 0.5) is 0 Å². The molecular formula is C22H26O11. The number of ether oxygens (including phenoxy) is 4. The van der Waals surface area contributed by atoms with Crippen LogP contribution >= 0.6 is 0 Å². The van der Waals surface area contributed by atoms with Crippen LogP contribution in [0.25, 0.3) is 0 Å². The Morgan fingerprint density at radius 2 is 1.73 bits per heavy atom. The number of carbonyl (C=O) groups is 1. The van der Waals surface area contributed by atoms with Crippen LogP contribution in [0, 0.1) is 11.8 Å². The monoisotopic (exact) mass is 466 g/mol. The van der Waals surface area contributed by atoms with Crippen molar-refractivity contribution in [3.63, 3.8) is 0 Å². The Hall–Kier alpha value is -2.51. The molecule has 9 atom stereocenters. The normalized spacial score (nSPS) is 37.7. The van der Waals surface area contributed by atoms with Gasteiger partial charge in [0, 0.05) is 5.92 Å². The van der Waals surface area contributed by atoms with Gasteiger partial charge >= 0.3 is 5.97 Å². The van der Waals surface area contributed by atoms with E-state index < -0.39 is 67.5 Å². The summed E-state index contributed by atoms with van der Waals surface area (Å²) in [6.45, 7) is -0.987. The predicted octanol–water partition coefficient (Wildman–Crippen LogP) is -1.23. The number of esters is 1. The minimum atomic E-state index is -1.62. The summed E-state index contributed by atoms with van der Waals surface area (Å²) in [5.74, 6) is -1.68. The maximum Gasteiger partial charge on any atom is 0.338 e. The lowest BCUT2D eigenvalue weighted by Crippen LogP contribution is -2.60. The highest BCUT2D eigenvalue weighted by molar-refractivity contribution is 5.89. The van der Waals surface area contributed by atoms with E-state index in [-0.39, 0.29) is 17.9 Å². The third-order valence-electron chi connectivity index (χ3n) is 6.05. The predicted molar refractivity (Wildman–Crippen MR) is 108 cm³/mol. The van der Waals surface area contributed by atoms with Gasteiger partial charge in [-0.1, -0.05) is 0 Å². The molecule has 0 saturated carbocycles. The van der Waals surface area contributed by atoms with Gasteiger partial charge < -0.3 is 49.6 Å². The Kier molecular flexibility index (Phi) is 7.00. The summed E-state index contributed by atoms with van der Waals surface area (Å²) in [5.41, 5.74) is 0.711. The Bertz CT molecular complexity index is 896. The Labute approximate surface area is 188 Å². The van der Waals surface area contributed by atoms with Crippen molar-refractivity contribution in [1.82, 2.24) is 0 Å². The number of phenols is 1. The molecule has 33 heavy (non-hydrogen) atoms. The Balaban J connectivity index is 1.49. The van der Waals surface area contributed by atoms with E-state index in [1.165, 1.54) is 30.5 Å². The number of aromatic hydroxyl groups is 1. The number of aliphatic hydroxyl groups excluding tert-OH is 5. The highest BCUT2D eigenvalue weighted by Crippen LogP contribution is 2.42. The topological polar surface area (TPSA) is 175 Å². The van der Waals surface area contributed by atoms with E-state index in [4.69, 9.17) is 18.9 Å². The van der Waals surface area contributed by atoms with Gasteiger partial charge in [0.05, 0.1) is 31.0 Å². The van der Waals surface area contributed by atoms with Gasteiger partial charge in [-0.05, 0) is 42.0 Å². The van der Waals surface area contributed by atoms with Gasteiger partial charge in [0.1, 0.15) is 36.3 Å². The number of hydrogen-bond donors (Lipinski definition) is 6. The van der Waals surface area contributed by atoms with Gasteiger partial charge in [0.15, 0.2) is 6.29 Å². The molecule has 1 saturated heterocycles. The molecule has 2 aliphatic heterocycles. The molecule has 0 unspecified atom stereocenters. The maximum atomic E-state index is 12.5. The van der Waals surface area contributed by atoms with E-state index in [9.17, 15) is 35.4 Å². The molecule has 0 aromatic heterocycles. The number of carbonyl (C=O) groups excluding carboxylic acids is 1. The summed E-state index contributed by atoms with van der Waals surface area (Å²) < 4.78 is 22.3. The Morgan fingerprint density at radius 1 is 1.00 bits per heavy atom. The number of hydrogen-bond acceptors (Lipinski definition) is 11. The fourth-order valence-electron chi connectivity index (χ4n) is 4.26. The molecule has 180 valence electrons. The van der Waals surface area contributed by atoms with Crippen molar-refractivity contribution >= 4 is 5.97 Å². The average molecular weight is 466 g/mol. The van der Waals surface area contributed by atoms with Crippen LogP contribution in [-0.4, -0.2) is 92.9 Å². The minimum absolute atomic E-state index is 0.00971. The first-order chi connectivity index (χ1) is 15.8. The summed E-state index contributed by atoms with van der Waals surface area (Å²) in [7, 11) is 0. The van der Waals surface area contributed by atoms with Crippen LogP contribution in [0.2, 0.25) is 0 Å². The Morgan fingerprint density at radius 3 is 2.39 bits per heavy atom. The molecule has 1 aromatic carbocycles. The van der Waals surface area contributed by atoms with E-state index in [1.807, 2.05) is 0 Å². The van der Waals surface area contributed by atoms with Crippen LogP contribution in [0.3, 0.4) is 0 Å². The van der Waals surface area contributed by atoms with Crippen LogP contribution in [0.5, 0.6) is 5.75 Å². The second kappa shape index (κ2) is 9.77. The van der Waals surface area contributed by atoms with Crippen molar-refractivity contribution < 1.29 is 54.4 Å². The first kappa shape index (κ1) is 23.6. The summed E-state index contributed by atoms with van der Waals surface area (Å²) in [6.07, 6.45) is -4.61. The number of rotatable bonds is 6. The van der Waals surface area contributed by atoms with Crippen molar-refractivity contribution in [2.75, 3.05) is 13.2 Å². The smallest absolute Gasteiger partial charge is 0.338 e. The molecule has 3 aliphatic rings. The van der Waals surface area contributed by atoms with Crippen molar-refractivity contribution in [3.05, 3.63) is 53.8 Å². The van der Waals surface area contributed by atoms with E-state index in [0.29, 0.717) is 5.57 Å². The summed E-state index contributed by atoms with van der Waals surface area (Å²) >= 11 is 0. The van der Waals surface area contributed by atoms with Crippen LogP contribution in [0.1, 0.15) is 10.4 Å². The molecule has 1 aliphatic carbocycles. The molecule has 1 aromatic rings. The summed E-state index contributed by atoms with van der Waals surface area (Å²) in [5, 5.41) is 58.8. The largest absolute Gasteiger partial charge is 0.508 e. The molecule has 1 fully saturated rings. The zero-order valence-electron chi connectivity index (χ0n) is 17.4. The summed E-state index contributed by atoms with van der Waals surface area (Å²) in [4.78, 5) is 12.5. The number of fused-ring (bicyclic) bond motifs is 1. The third kappa shape index (κ3) is 4.62. The lowest BCUT2D eigenvalue weighted by Gasteiger charge is -2.42. The van der Waals surface area contributed by atoms with Gasteiger partial charge in [0.2, 0.25) is 6.29 Å². The molecule has 6 N–H and O–H groups in total. The van der Waals surface area contributed by atoms with Gasteiger partial charge in [-0.3, -0.25) is 0 Å². The fraction of sp³-hybridized carbons (Fsp3) is 0.500. The van der Waals surface area contributed by atoms with E-state index in [2.05, 4.69) is 0 Å². The van der Waals surface area contributed by atoms with Crippen molar-refractivity contribution in [1.29, 1.82) is 0 Å². The second-order valence-electron chi connectivity index (χ2n) is 8.09. The number of benzene rings is 1. The SMILES string of the molecule is O=C(O[C@H]1C=C(CO)[C@H]2[C@@H](O[C@@H]3O[C@@H](CO)[C@@H](O)[C@@H](O)[C@H]3O)OC=C[C@@H]21)c1ccc(O)cc1. The number of aliphatic hydroxyl groups is 5. The molecule has 4 rings (SSSR count). The number of phenolic OH excluding ortho intramolecular Hbond substituents is 1. The lowest BCUT2D eigenvalue weighted by molar-refractivity contribution is -0.339. The third-order valence-corrected chi connectivity index (χ3v) is 6.05. The second-order valence-corrected chi connectivity index (χ2v) is 8.09. The van der Waals surface area contributed by atoms with Gasteiger partial charge in [-0.2, -0.15) is 0 Å². The molecule has 0 amide bonds. The zero-order valence-corrected chi connectivity index (χ0v) is 17.4.